The number of carbonyl (C=O) groups is 1. The highest BCUT2D eigenvalue weighted by Gasteiger charge is 2.16. The number of H-pyrrole nitrogens is 1. The van der Waals surface area contributed by atoms with Crippen LogP contribution in [0.25, 0.3) is 0 Å². The summed E-state index contributed by atoms with van der Waals surface area (Å²) in [4.78, 5) is 13.5. The molecule has 0 radical (unpaired) electrons. The molecule has 1 aromatic heterocycles. The van der Waals surface area contributed by atoms with Gasteiger partial charge in [0.05, 0.1) is 11.9 Å². The van der Waals surface area contributed by atoms with Crippen molar-refractivity contribution in [3.8, 4) is 0 Å². The molecule has 0 unspecified atom stereocenters. The molecule has 1 heterocycles. The number of nitrogens with one attached hydrogen (secondary N) is 1. The first-order valence-electron chi connectivity index (χ1n) is 5.06. The molecule has 0 aliphatic rings. The van der Waals surface area contributed by atoms with Crippen molar-refractivity contribution in [2.24, 2.45) is 5.92 Å². The fourth-order valence-electron chi connectivity index (χ4n) is 1.21. The van der Waals surface area contributed by atoms with Crippen molar-refractivity contribution in [3.63, 3.8) is 0 Å². The molecule has 0 atom stereocenters. The van der Waals surface area contributed by atoms with Gasteiger partial charge in [-0.2, -0.15) is 5.10 Å². The molecule has 3 N–H and O–H groups in total. The number of hydrogen-bond acceptors (Lipinski definition) is 3. The number of aromatic nitrogens is 2. The lowest BCUT2D eigenvalue weighted by molar-refractivity contribution is 0.0784. The molecule has 1 amide bonds. The van der Waals surface area contributed by atoms with Crippen LogP contribution in [0.2, 0.25) is 0 Å². The Morgan fingerprint density at radius 2 is 2.33 bits per heavy atom. The Morgan fingerprint density at radius 1 is 1.67 bits per heavy atom. The van der Waals surface area contributed by atoms with E-state index in [1.165, 1.54) is 6.20 Å². The van der Waals surface area contributed by atoms with E-state index in [0.717, 1.165) is 13.0 Å². The molecule has 0 bridgehead atoms. The first kappa shape index (κ1) is 11.6. The van der Waals surface area contributed by atoms with Crippen molar-refractivity contribution in [1.82, 2.24) is 15.1 Å². The lowest BCUT2D eigenvalue weighted by atomic mass is 10.1. The van der Waals surface area contributed by atoms with Crippen LogP contribution in [-0.4, -0.2) is 34.6 Å². The number of hydrogen-bond donors (Lipinski definition) is 2. The maximum Gasteiger partial charge on any atom is 0.273 e. The number of rotatable bonds is 4. The quantitative estimate of drug-likeness (QED) is 0.781. The van der Waals surface area contributed by atoms with Crippen molar-refractivity contribution in [3.05, 3.63) is 11.9 Å². The number of nitrogens with zero attached hydrogens (tertiary/aromatic N) is 2. The van der Waals surface area contributed by atoms with Gasteiger partial charge >= 0.3 is 0 Å². The summed E-state index contributed by atoms with van der Waals surface area (Å²) in [7, 11) is 1.77. The van der Waals surface area contributed by atoms with E-state index in [0.29, 0.717) is 17.3 Å². The maximum atomic E-state index is 11.8. The number of anilines is 1. The molecule has 15 heavy (non-hydrogen) atoms. The van der Waals surface area contributed by atoms with Crippen molar-refractivity contribution in [1.29, 1.82) is 0 Å². The highest BCUT2D eigenvalue weighted by atomic mass is 16.2. The minimum absolute atomic E-state index is 0.106. The van der Waals surface area contributed by atoms with Gasteiger partial charge in [0.15, 0.2) is 0 Å². The minimum atomic E-state index is -0.106. The van der Waals surface area contributed by atoms with E-state index >= 15 is 0 Å². The second-order valence-electron chi connectivity index (χ2n) is 4.11. The Bertz CT molecular complexity index is 332. The summed E-state index contributed by atoms with van der Waals surface area (Å²) in [6.07, 6.45) is 2.43. The van der Waals surface area contributed by atoms with Gasteiger partial charge in [0, 0.05) is 13.6 Å². The van der Waals surface area contributed by atoms with Gasteiger partial charge in [0.1, 0.15) is 5.69 Å². The zero-order valence-electron chi connectivity index (χ0n) is 9.45. The van der Waals surface area contributed by atoms with Gasteiger partial charge in [0.2, 0.25) is 0 Å². The van der Waals surface area contributed by atoms with Crippen LogP contribution < -0.4 is 5.73 Å². The number of nitrogen functional groups attached to an aromatic ring is 1. The van der Waals surface area contributed by atoms with E-state index in [9.17, 15) is 4.79 Å². The third-order valence-corrected chi connectivity index (χ3v) is 2.27. The zero-order chi connectivity index (χ0) is 11.4. The van der Waals surface area contributed by atoms with Crippen LogP contribution >= 0.6 is 0 Å². The SMILES string of the molecule is CC(C)CCN(C)C(=O)c1[nH]ncc1N. The minimum Gasteiger partial charge on any atom is -0.396 e. The number of carbonyl (C=O) groups excluding carboxylic acids is 1. The second kappa shape index (κ2) is 4.82. The Balaban J connectivity index is 2.57. The van der Waals surface area contributed by atoms with Crippen LogP contribution in [-0.2, 0) is 0 Å². The first-order valence-corrected chi connectivity index (χ1v) is 5.06. The van der Waals surface area contributed by atoms with E-state index in [-0.39, 0.29) is 5.91 Å². The molecule has 0 aromatic carbocycles. The first-order chi connectivity index (χ1) is 7.02. The summed E-state index contributed by atoms with van der Waals surface area (Å²) < 4.78 is 0. The summed E-state index contributed by atoms with van der Waals surface area (Å²) in [6.45, 7) is 4.99. The number of amides is 1. The van der Waals surface area contributed by atoms with Gasteiger partial charge in [-0.1, -0.05) is 13.8 Å². The fourth-order valence-corrected chi connectivity index (χ4v) is 1.21. The summed E-state index contributed by atoms with van der Waals surface area (Å²) in [5, 5.41) is 6.33. The van der Waals surface area contributed by atoms with Gasteiger partial charge < -0.3 is 10.6 Å². The van der Waals surface area contributed by atoms with E-state index < -0.39 is 0 Å². The van der Waals surface area contributed by atoms with Crippen molar-refractivity contribution in [2.75, 3.05) is 19.3 Å². The Labute approximate surface area is 89.6 Å². The van der Waals surface area contributed by atoms with Crippen LogP contribution in [0.15, 0.2) is 6.20 Å². The summed E-state index contributed by atoms with van der Waals surface area (Å²) in [5.41, 5.74) is 6.37. The van der Waals surface area contributed by atoms with Crippen LogP contribution in [0.5, 0.6) is 0 Å². The molecule has 1 aromatic rings. The van der Waals surface area contributed by atoms with Crippen molar-refractivity contribution >= 4 is 11.6 Å². The monoisotopic (exact) mass is 210 g/mol. The van der Waals surface area contributed by atoms with E-state index in [1.807, 2.05) is 0 Å². The lowest BCUT2D eigenvalue weighted by Crippen LogP contribution is -2.29. The third kappa shape index (κ3) is 2.97. The Hall–Kier alpha value is -1.52. The predicted octanol–water partition coefficient (Wildman–Crippen LogP) is 1.11. The molecule has 0 aliphatic carbocycles. The molecule has 0 aliphatic heterocycles. The Morgan fingerprint density at radius 3 is 2.80 bits per heavy atom. The van der Waals surface area contributed by atoms with E-state index in [4.69, 9.17) is 5.73 Å². The molecule has 0 saturated carbocycles. The molecule has 1 rings (SSSR count). The molecular formula is C10H18N4O. The van der Waals surface area contributed by atoms with Gasteiger partial charge in [0.25, 0.3) is 5.91 Å². The summed E-state index contributed by atoms with van der Waals surface area (Å²) in [5.74, 6) is 0.477. The second-order valence-corrected chi connectivity index (χ2v) is 4.11. The Kier molecular flexibility index (Phi) is 3.71. The molecule has 0 spiro atoms. The number of nitrogens with two attached hydrogens (primary N) is 1. The highest BCUT2D eigenvalue weighted by molar-refractivity contribution is 5.96. The molecule has 0 fully saturated rings. The smallest absolute Gasteiger partial charge is 0.273 e. The normalized spacial score (nSPS) is 10.7. The maximum absolute atomic E-state index is 11.8. The van der Waals surface area contributed by atoms with Crippen molar-refractivity contribution in [2.45, 2.75) is 20.3 Å². The van der Waals surface area contributed by atoms with Gasteiger partial charge in [-0.15, -0.1) is 0 Å². The molecule has 84 valence electrons. The van der Waals surface area contributed by atoms with E-state index in [1.54, 1.807) is 11.9 Å². The zero-order valence-corrected chi connectivity index (χ0v) is 9.45. The van der Waals surface area contributed by atoms with Gasteiger partial charge in [-0.3, -0.25) is 9.89 Å². The highest BCUT2D eigenvalue weighted by Crippen LogP contribution is 2.10. The largest absolute Gasteiger partial charge is 0.396 e. The third-order valence-electron chi connectivity index (χ3n) is 2.27. The summed E-state index contributed by atoms with van der Waals surface area (Å²) in [6, 6.07) is 0. The molecule has 5 heteroatoms. The van der Waals surface area contributed by atoms with Crippen LogP contribution in [0.4, 0.5) is 5.69 Å². The van der Waals surface area contributed by atoms with Gasteiger partial charge in [-0.25, -0.2) is 0 Å². The van der Waals surface area contributed by atoms with Crippen LogP contribution in [0.1, 0.15) is 30.8 Å². The van der Waals surface area contributed by atoms with Crippen LogP contribution in [0.3, 0.4) is 0 Å². The number of aromatic amines is 1. The average Bonchev–Trinajstić information content (AvgIpc) is 2.59. The van der Waals surface area contributed by atoms with Crippen LogP contribution in [0, 0.1) is 5.92 Å². The topological polar surface area (TPSA) is 75.0 Å². The summed E-state index contributed by atoms with van der Waals surface area (Å²) >= 11 is 0. The molecular weight excluding hydrogens is 192 g/mol. The standard InChI is InChI=1S/C10H18N4O/c1-7(2)4-5-14(3)10(15)9-8(11)6-12-13-9/h6-7H,4-5,11H2,1-3H3,(H,12,13). The average molecular weight is 210 g/mol. The predicted molar refractivity (Wildman–Crippen MR) is 59.4 cm³/mol. The fraction of sp³-hybridized carbons (Fsp3) is 0.600. The lowest BCUT2D eigenvalue weighted by Gasteiger charge is -2.17. The molecule has 0 saturated heterocycles. The van der Waals surface area contributed by atoms with Crippen molar-refractivity contribution < 1.29 is 4.79 Å². The molecule has 5 nitrogen and oxygen atoms in total. The van der Waals surface area contributed by atoms with E-state index in [2.05, 4.69) is 24.0 Å². The van der Waals surface area contributed by atoms with Gasteiger partial charge in [-0.05, 0) is 12.3 Å².